The van der Waals surface area contributed by atoms with Crippen molar-refractivity contribution in [2.24, 2.45) is 11.3 Å². The largest absolute Gasteiger partial charge is 0.489 e. The molecule has 1 unspecified atom stereocenters. The van der Waals surface area contributed by atoms with Crippen molar-refractivity contribution >= 4 is 31.9 Å². The maximum Gasteiger partial charge on any atom is 0.169 e. The van der Waals surface area contributed by atoms with Gasteiger partial charge in [-0.3, -0.25) is 0 Å². The lowest BCUT2D eigenvalue weighted by Gasteiger charge is -2.29. The molecule has 0 amide bonds. The Morgan fingerprint density at radius 3 is 2.33 bits per heavy atom. The summed E-state index contributed by atoms with van der Waals surface area (Å²) in [5, 5.41) is 0.761. The first-order valence-corrected chi connectivity index (χ1v) is 7.50. The van der Waals surface area contributed by atoms with Gasteiger partial charge in [0.2, 0.25) is 0 Å². The molecule has 0 fully saturated rings. The van der Waals surface area contributed by atoms with Gasteiger partial charge < -0.3 is 4.74 Å². The molecule has 18 heavy (non-hydrogen) atoms. The first kappa shape index (κ1) is 15.9. The number of hydrogen-bond acceptors (Lipinski definition) is 1. The van der Waals surface area contributed by atoms with E-state index in [0.717, 1.165) is 11.4 Å². The van der Waals surface area contributed by atoms with Gasteiger partial charge in [-0.2, -0.15) is 0 Å². The van der Waals surface area contributed by atoms with Crippen LogP contribution in [0.3, 0.4) is 0 Å². The van der Waals surface area contributed by atoms with Crippen molar-refractivity contribution in [3.63, 3.8) is 0 Å². The van der Waals surface area contributed by atoms with Crippen LogP contribution in [0.2, 0.25) is 0 Å². The molecule has 1 nitrogen and oxygen atoms in total. The zero-order valence-electron chi connectivity index (χ0n) is 10.6. The summed E-state index contributed by atoms with van der Waals surface area (Å²) in [6.07, 6.45) is 0. The van der Waals surface area contributed by atoms with Gasteiger partial charge in [0.05, 0.1) is 11.1 Å². The predicted molar refractivity (Wildman–Crippen MR) is 76.3 cm³/mol. The van der Waals surface area contributed by atoms with Crippen LogP contribution >= 0.6 is 31.9 Å². The molecule has 0 bridgehead atoms. The van der Waals surface area contributed by atoms with E-state index in [4.69, 9.17) is 4.74 Å². The molecule has 0 spiro atoms. The van der Waals surface area contributed by atoms with Crippen molar-refractivity contribution in [1.82, 2.24) is 0 Å². The van der Waals surface area contributed by atoms with Gasteiger partial charge in [-0.05, 0) is 27.4 Å². The summed E-state index contributed by atoms with van der Waals surface area (Å²) in [6, 6.07) is 2.01. The Kier molecular flexibility index (Phi) is 5.59. The summed E-state index contributed by atoms with van der Waals surface area (Å²) in [6.45, 7) is 6.66. The van der Waals surface area contributed by atoms with Crippen molar-refractivity contribution < 1.29 is 13.5 Å². The standard InChI is InChI=1S/C13H16Br2F2O/c1-13(2,3)8(6-14)7-18-12-10(15)4-9(16)5-11(12)17/h4-5,8H,6-7H2,1-3H3. The lowest BCUT2D eigenvalue weighted by molar-refractivity contribution is 0.161. The number of halogens is 4. The molecule has 0 saturated carbocycles. The van der Waals surface area contributed by atoms with Gasteiger partial charge in [0.15, 0.2) is 11.6 Å². The van der Waals surface area contributed by atoms with Crippen LogP contribution in [0.1, 0.15) is 20.8 Å². The van der Waals surface area contributed by atoms with Gasteiger partial charge in [0.25, 0.3) is 0 Å². The molecule has 0 radical (unpaired) electrons. The monoisotopic (exact) mass is 384 g/mol. The van der Waals surface area contributed by atoms with Crippen LogP contribution in [0, 0.1) is 23.0 Å². The fourth-order valence-corrected chi connectivity index (χ4v) is 3.06. The van der Waals surface area contributed by atoms with Crippen LogP contribution in [0.5, 0.6) is 5.75 Å². The molecule has 102 valence electrons. The Bertz CT molecular complexity index is 393. The van der Waals surface area contributed by atoms with Crippen LogP contribution in [-0.2, 0) is 0 Å². The first-order valence-electron chi connectivity index (χ1n) is 5.59. The molecule has 1 aromatic carbocycles. The fraction of sp³-hybridized carbons (Fsp3) is 0.538. The zero-order valence-corrected chi connectivity index (χ0v) is 13.7. The summed E-state index contributed by atoms with van der Waals surface area (Å²) in [7, 11) is 0. The van der Waals surface area contributed by atoms with E-state index in [1.54, 1.807) is 0 Å². The minimum atomic E-state index is -0.691. The Morgan fingerprint density at radius 1 is 1.28 bits per heavy atom. The van der Waals surface area contributed by atoms with Crippen LogP contribution in [0.15, 0.2) is 16.6 Å². The van der Waals surface area contributed by atoms with Crippen LogP contribution < -0.4 is 4.74 Å². The molecular formula is C13H16Br2F2O. The summed E-state index contributed by atoms with van der Waals surface area (Å²) < 4.78 is 32.3. The molecule has 1 atom stereocenters. The lowest BCUT2D eigenvalue weighted by Crippen LogP contribution is -2.28. The van der Waals surface area contributed by atoms with E-state index in [1.807, 2.05) is 0 Å². The Labute approximate surface area is 123 Å². The Morgan fingerprint density at radius 2 is 1.89 bits per heavy atom. The van der Waals surface area contributed by atoms with E-state index in [0.29, 0.717) is 11.1 Å². The highest BCUT2D eigenvalue weighted by molar-refractivity contribution is 9.10. The van der Waals surface area contributed by atoms with Gasteiger partial charge in [0, 0.05) is 17.3 Å². The maximum absolute atomic E-state index is 13.6. The molecule has 0 aliphatic rings. The SMILES string of the molecule is CC(C)(C)C(CBr)COc1c(F)cc(F)cc1Br. The van der Waals surface area contributed by atoms with Crippen molar-refractivity contribution in [3.05, 3.63) is 28.2 Å². The highest BCUT2D eigenvalue weighted by Gasteiger charge is 2.25. The molecule has 1 rings (SSSR count). The fourth-order valence-electron chi connectivity index (χ4n) is 1.38. The van der Waals surface area contributed by atoms with Gasteiger partial charge >= 0.3 is 0 Å². The number of alkyl halides is 1. The third-order valence-electron chi connectivity index (χ3n) is 2.80. The second kappa shape index (κ2) is 6.33. The van der Waals surface area contributed by atoms with E-state index in [2.05, 4.69) is 52.6 Å². The molecule has 0 N–H and O–H groups in total. The van der Waals surface area contributed by atoms with Crippen LogP contribution in [0.4, 0.5) is 8.78 Å². The van der Waals surface area contributed by atoms with E-state index in [9.17, 15) is 8.78 Å². The molecule has 0 aliphatic heterocycles. The Balaban J connectivity index is 2.80. The third-order valence-corrected chi connectivity index (χ3v) is 4.17. The molecular weight excluding hydrogens is 370 g/mol. The van der Waals surface area contributed by atoms with Crippen molar-refractivity contribution in [3.8, 4) is 5.75 Å². The highest BCUT2D eigenvalue weighted by Crippen LogP contribution is 2.32. The molecule has 0 heterocycles. The average molecular weight is 386 g/mol. The number of rotatable bonds is 4. The van der Waals surface area contributed by atoms with Gasteiger partial charge in [-0.15, -0.1) is 0 Å². The quantitative estimate of drug-likeness (QED) is 0.650. The third kappa shape index (κ3) is 4.19. The molecule has 5 heteroatoms. The van der Waals surface area contributed by atoms with Crippen LogP contribution in [-0.4, -0.2) is 11.9 Å². The van der Waals surface area contributed by atoms with Gasteiger partial charge in [0.1, 0.15) is 5.82 Å². The van der Waals surface area contributed by atoms with E-state index < -0.39 is 11.6 Å². The minimum absolute atomic E-state index is 0.0481. The zero-order chi connectivity index (χ0) is 13.9. The summed E-state index contributed by atoms with van der Waals surface area (Å²) >= 11 is 6.53. The molecule has 0 saturated heterocycles. The van der Waals surface area contributed by atoms with Gasteiger partial charge in [-0.1, -0.05) is 36.7 Å². The smallest absolute Gasteiger partial charge is 0.169 e. The lowest BCUT2D eigenvalue weighted by atomic mass is 9.83. The van der Waals surface area contributed by atoms with E-state index in [-0.39, 0.29) is 17.1 Å². The Hall–Kier alpha value is -0.160. The van der Waals surface area contributed by atoms with E-state index >= 15 is 0 Å². The average Bonchev–Trinajstić information content (AvgIpc) is 2.19. The van der Waals surface area contributed by atoms with Crippen molar-refractivity contribution in [1.29, 1.82) is 0 Å². The predicted octanol–water partition coefficient (Wildman–Crippen LogP) is 5.16. The topological polar surface area (TPSA) is 9.23 Å². The number of hydrogen-bond donors (Lipinski definition) is 0. The number of benzene rings is 1. The summed E-state index contributed by atoms with van der Waals surface area (Å²) in [4.78, 5) is 0. The van der Waals surface area contributed by atoms with Crippen molar-refractivity contribution in [2.45, 2.75) is 20.8 Å². The maximum atomic E-state index is 13.6. The molecule has 0 aromatic heterocycles. The second-order valence-electron chi connectivity index (χ2n) is 5.23. The minimum Gasteiger partial charge on any atom is -0.489 e. The van der Waals surface area contributed by atoms with Crippen LogP contribution in [0.25, 0.3) is 0 Å². The van der Waals surface area contributed by atoms with Crippen molar-refractivity contribution in [2.75, 3.05) is 11.9 Å². The normalized spacial score (nSPS) is 13.5. The summed E-state index contributed by atoms with van der Waals surface area (Å²) in [5.74, 6) is -1.02. The highest BCUT2D eigenvalue weighted by atomic mass is 79.9. The second-order valence-corrected chi connectivity index (χ2v) is 6.73. The van der Waals surface area contributed by atoms with E-state index in [1.165, 1.54) is 6.07 Å². The summed E-state index contributed by atoms with van der Waals surface area (Å²) in [5.41, 5.74) is 0.0481. The van der Waals surface area contributed by atoms with Gasteiger partial charge in [-0.25, -0.2) is 8.78 Å². The molecule has 0 aliphatic carbocycles. The number of ether oxygens (including phenoxy) is 1. The molecule has 1 aromatic rings. The first-order chi connectivity index (χ1) is 8.25.